The largest absolute Gasteiger partial charge is 0.481 e. The Kier molecular flexibility index (Phi) is 5.17. The Hall–Kier alpha value is -1.20. The maximum Gasteiger partial charge on any atom is 0.273 e. The third-order valence-electron chi connectivity index (χ3n) is 3.12. The SMILES string of the molecule is COc1cc(C2=C(C(F)C(F)F)C=CC(Cl)C2)c(Cl)cn1. The van der Waals surface area contributed by atoms with Crippen LogP contribution in [-0.4, -0.2) is 30.1 Å². The summed E-state index contributed by atoms with van der Waals surface area (Å²) in [6.07, 6.45) is -1.20. The smallest absolute Gasteiger partial charge is 0.273 e. The first-order valence-electron chi connectivity index (χ1n) is 6.11. The van der Waals surface area contributed by atoms with Crippen LogP contribution in [0.15, 0.2) is 30.0 Å². The number of aromatic nitrogens is 1. The lowest BCUT2D eigenvalue weighted by molar-refractivity contribution is 0.0709. The zero-order valence-corrected chi connectivity index (χ0v) is 12.5. The molecule has 2 nitrogen and oxygen atoms in total. The summed E-state index contributed by atoms with van der Waals surface area (Å²) in [7, 11) is 1.41. The van der Waals surface area contributed by atoms with E-state index in [1.807, 2.05) is 0 Å². The molecule has 0 aliphatic heterocycles. The van der Waals surface area contributed by atoms with Gasteiger partial charge in [-0.25, -0.2) is 18.2 Å². The molecule has 2 unspecified atom stereocenters. The lowest BCUT2D eigenvalue weighted by atomic mass is 9.89. The van der Waals surface area contributed by atoms with Crippen molar-refractivity contribution in [3.63, 3.8) is 0 Å². The number of hydrogen-bond acceptors (Lipinski definition) is 2. The van der Waals surface area contributed by atoms with E-state index < -0.39 is 18.0 Å². The zero-order chi connectivity index (χ0) is 15.6. The number of ether oxygens (including phenoxy) is 1. The van der Waals surface area contributed by atoms with Crippen LogP contribution in [-0.2, 0) is 0 Å². The van der Waals surface area contributed by atoms with Crippen LogP contribution < -0.4 is 4.74 Å². The number of alkyl halides is 4. The fourth-order valence-corrected chi connectivity index (χ4v) is 2.56. The first-order valence-corrected chi connectivity index (χ1v) is 6.93. The van der Waals surface area contributed by atoms with Crippen molar-refractivity contribution in [1.82, 2.24) is 4.98 Å². The number of methoxy groups -OCH3 is 1. The van der Waals surface area contributed by atoms with E-state index in [0.29, 0.717) is 11.1 Å². The van der Waals surface area contributed by atoms with Gasteiger partial charge in [-0.1, -0.05) is 23.8 Å². The minimum absolute atomic E-state index is 0.114. The second-order valence-corrected chi connectivity index (χ2v) is 5.42. The number of allylic oxidation sites excluding steroid dienone is 4. The van der Waals surface area contributed by atoms with Gasteiger partial charge >= 0.3 is 0 Å². The van der Waals surface area contributed by atoms with E-state index in [1.165, 1.54) is 31.5 Å². The molecule has 0 fully saturated rings. The minimum atomic E-state index is -3.12. The number of hydrogen-bond donors (Lipinski definition) is 0. The summed E-state index contributed by atoms with van der Waals surface area (Å²) in [5.74, 6) is 0.259. The van der Waals surface area contributed by atoms with Gasteiger partial charge in [0.2, 0.25) is 5.88 Å². The van der Waals surface area contributed by atoms with Crippen LogP contribution in [0, 0.1) is 0 Å². The van der Waals surface area contributed by atoms with Gasteiger partial charge in [0.15, 0.2) is 6.17 Å². The van der Waals surface area contributed by atoms with E-state index in [2.05, 4.69) is 4.98 Å². The van der Waals surface area contributed by atoms with E-state index in [9.17, 15) is 13.2 Å². The molecule has 1 aliphatic carbocycles. The summed E-state index contributed by atoms with van der Waals surface area (Å²) in [4.78, 5) is 3.91. The van der Waals surface area contributed by atoms with E-state index in [1.54, 1.807) is 0 Å². The molecule has 114 valence electrons. The van der Waals surface area contributed by atoms with Crippen LogP contribution >= 0.6 is 23.2 Å². The molecule has 7 heteroatoms. The molecule has 0 radical (unpaired) electrons. The average molecular weight is 338 g/mol. The van der Waals surface area contributed by atoms with E-state index in [4.69, 9.17) is 27.9 Å². The maximum absolute atomic E-state index is 13.8. The molecule has 1 heterocycles. The summed E-state index contributed by atoms with van der Waals surface area (Å²) < 4.78 is 44.2. The van der Waals surface area contributed by atoms with Gasteiger partial charge in [-0.05, 0) is 17.6 Å². The van der Waals surface area contributed by atoms with Gasteiger partial charge in [-0.15, -0.1) is 11.6 Å². The highest BCUT2D eigenvalue weighted by Crippen LogP contribution is 2.38. The van der Waals surface area contributed by atoms with E-state index in [-0.39, 0.29) is 22.9 Å². The summed E-state index contributed by atoms with van der Waals surface area (Å²) >= 11 is 12.1. The number of nitrogens with zero attached hydrogens (tertiary/aromatic N) is 1. The fraction of sp³-hybridized carbons (Fsp3) is 0.357. The Bertz CT molecular complexity index is 590. The Morgan fingerprint density at radius 3 is 2.71 bits per heavy atom. The van der Waals surface area contributed by atoms with Crippen LogP contribution in [0.5, 0.6) is 5.88 Å². The number of halogens is 5. The first-order chi connectivity index (χ1) is 9.93. The minimum Gasteiger partial charge on any atom is -0.481 e. The van der Waals surface area contributed by atoms with Gasteiger partial charge in [0.05, 0.1) is 23.7 Å². The molecule has 0 saturated carbocycles. The highest BCUT2D eigenvalue weighted by molar-refractivity contribution is 6.32. The van der Waals surface area contributed by atoms with Crippen molar-refractivity contribution in [3.05, 3.63) is 40.6 Å². The van der Waals surface area contributed by atoms with Crippen LogP contribution in [0.1, 0.15) is 12.0 Å². The molecule has 2 rings (SSSR count). The summed E-state index contributed by atoms with van der Waals surface area (Å²) in [6.45, 7) is 0. The molecule has 0 saturated heterocycles. The number of pyridine rings is 1. The Morgan fingerprint density at radius 1 is 1.38 bits per heavy atom. The van der Waals surface area contributed by atoms with Gasteiger partial charge in [-0.3, -0.25) is 0 Å². The summed E-state index contributed by atoms with van der Waals surface area (Å²) in [5.41, 5.74) is 0.630. The highest BCUT2D eigenvalue weighted by Gasteiger charge is 2.29. The molecule has 1 aliphatic rings. The van der Waals surface area contributed by atoms with Crippen molar-refractivity contribution >= 4 is 28.8 Å². The maximum atomic E-state index is 13.8. The standard InChI is InChI=1S/C14H12Cl2F3NO/c1-21-12-5-10(11(16)6-20-12)9-4-7(15)2-3-8(9)13(17)14(18)19/h2-3,5-7,13-14H,4H2,1H3. The lowest BCUT2D eigenvalue weighted by Gasteiger charge is -2.22. The van der Waals surface area contributed by atoms with Gasteiger partial charge in [-0.2, -0.15) is 0 Å². The fourth-order valence-electron chi connectivity index (χ4n) is 2.11. The van der Waals surface area contributed by atoms with Crippen molar-refractivity contribution in [3.8, 4) is 5.88 Å². The molecule has 1 aromatic rings. The monoisotopic (exact) mass is 337 g/mol. The summed E-state index contributed by atoms with van der Waals surface area (Å²) in [5, 5.41) is -0.187. The molecule has 2 atom stereocenters. The first kappa shape index (κ1) is 16.2. The molecule has 1 aromatic heterocycles. The average Bonchev–Trinajstić information content (AvgIpc) is 2.47. The summed E-state index contributed by atoms with van der Waals surface area (Å²) in [6, 6.07) is 1.48. The van der Waals surface area contributed by atoms with Gasteiger partial charge < -0.3 is 4.74 Å². The molecule has 21 heavy (non-hydrogen) atoms. The third kappa shape index (κ3) is 3.52. The predicted octanol–water partition coefficient (Wildman–Crippen LogP) is 4.67. The van der Waals surface area contributed by atoms with Gasteiger partial charge in [0.1, 0.15) is 0 Å². The van der Waals surface area contributed by atoms with Crippen LogP contribution in [0.2, 0.25) is 5.02 Å². The highest BCUT2D eigenvalue weighted by atomic mass is 35.5. The van der Waals surface area contributed by atoms with Crippen LogP contribution in [0.4, 0.5) is 13.2 Å². The zero-order valence-electron chi connectivity index (χ0n) is 11.0. The quantitative estimate of drug-likeness (QED) is 0.745. The van der Waals surface area contributed by atoms with Crippen molar-refractivity contribution in [2.45, 2.75) is 24.4 Å². The normalized spacial score (nSPS) is 20.0. The molecule has 0 spiro atoms. The van der Waals surface area contributed by atoms with Crippen molar-refractivity contribution in [1.29, 1.82) is 0 Å². The lowest BCUT2D eigenvalue weighted by Crippen LogP contribution is -2.19. The Labute approximate surface area is 130 Å². The molecule has 0 aromatic carbocycles. The van der Waals surface area contributed by atoms with Crippen LogP contribution in [0.25, 0.3) is 5.57 Å². The van der Waals surface area contributed by atoms with Crippen molar-refractivity contribution in [2.24, 2.45) is 0 Å². The third-order valence-corrected chi connectivity index (χ3v) is 3.72. The Morgan fingerprint density at radius 2 is 2.10 bits per heavy atom. The second kappa shape index (κ2) is 6.71. The molecular formula is C14H12Cl2F3NO. The van der Waals surface area contributed by atoms with E-state index >= 15 is 0 Å². The van der Waals surface area contributed by atoms with E-state index in [0.717, 1.165) is 0 Å². The molecule has 0 amide bonds. The van der Waals surface area contributed by atoms with Gasteiger partial charge in [0.25, 0.3) is 6.43 Å². The number of rotatable bonds is 4. The molecule has 0 bridgehead atoms. The Balaban J connectivity index is 2.57. The molecule has 0 N–H and O–H groups in total. The predicted molar refractivity (Wildman–Crippen MR) is 77.0 cm³/mol. The van der Waals surface area contributed by atoms with Gasteiger partial charge in [0, 0.05) is 11.6 Å². The topological polar surface area (TPSA) is 22.1 Å². The van der Waals surface area contributed by atoms with Crippen molar-refractivity contribution < 1.29 is 17.9 Å². The second-order valence-electron chi connectivity index (χ2n) is 4.46. The van der Waals surface area contributed by atoms with Crippen LogP contribution in [0.3, 0.4) is 0 Å². The van der Waals surface area contributed by atoms with Crippen molar-refractivity contribution in [2.75, 3.05) is 7.11 Å². The molecular weight excluding hydrogens is 326 g/mol.